The van der Waals surface area contributed by atoms with Crippen LogP contribution in [0.25, 0.3) is 0 Å². The van der Waals surface area contributed by atoms with Gasteiger partial charge in [-0.2, -0.15) is 0 Å². The molecule has 1 atom stereocenters. The lowest BCUT2D eigenvalue weighted by molar-refractivity contribution is -0.154. The van der Waals surface area contributed by atoms with Gasteiger partial charge in [0.25, 0.3) is 0 Å². The van der Waals surface area contributed by atoms with E-state index in [-0.39, 0.29) is 12.5 Å². The number of nitrogens with zero attached hydrogens (tertiary/aromatic N) is 3. The van der Waals surface area contributed by atoms with Crippen LogP contribution in [0.15, 0.2) is 18.5 Å². The first kappa shape index (κ1) is 20.9. The van der Waals surface area contributed by atoms with Gasteiger partial charge in [0.15, 0.2) is 0 Å². The molecule has 0 aromatic carbocycles. The number of hydroxylamine groups is 2. The second-order valence-corrected chi connectivity index (χ2v) is 6.57. The number of amides is 2. The monoisotopic (exact) mass is 379 g/mol. The highest BCUT2D eigenvalue weighted by atomic mass is 16.5. The normalized spacial score (nSPS) is 15.1. The van der Waals surface area contributed by atoms with Gasteiger partial charge in [0.1, 0.15) is 0 Å². The molecule has 1 unspecified atom stereocenters. The minimum absolute atomic E-state index is 0.0349. The number of anilines is 2. The first-order valence-electron chi connectivity index (χ1n) is 9.38. The van der Waals surface area contributed by atoms with Crippen LogP contribution < -0.4 is 15.8 Å². The second kappa shape index (κ2) is 11.3. The van der Waals surface area contributed by atoms with E-state index in [4.69, 9.17) is 4.74 Å². The molecule has 0 aliphatic carbocycles. The molecule has 1 aromatic heterocycles. The van der Waals surface area contributed by atoms with Crippen molar-refractivity contribution in [2.24, 2.45) is 5.92 Å². The molecule has 2 rings (SSSR count). The zero-order valence-electron chi connectivity index (χ0n) is 15.8. The topological polar surface area (TPSA) is 107 Å². The number of carbonyl (C=O) groups is 2. The lowest BCUT2D eigenvalue weighted by Crippen LogP contribution is -2.40. The number of pyridine rings is 1. The molecule has 0 radical (unpaired) electrons. The smallest absolute Gasteiger partial charge is 0.243 e. The zero-order chi connectivity index (χ0) is 19.5. The molecule has 1 saturated heterocycles. The summed E-state index contributed by atoms with van der Waals surface area (Å²) in [4.78, 5) is 29.5. The highest BCUT2D eigenvalue weighted by molar-refractivity contribution is 5.80. The number of unbranched alkanes of at least 4 members (excludes halogenated alkanes) is 2. The van der Waals surface area contributed by atoms with E-state index in [2.05, 4.69) is 27.7 Å². The van der Waals surface area contributed by atoms with Gasteiger partial charge in [0, 0.05) is 13.1 Å². The molecule has 1 aliphatic rings. The molecule has 2 amide bonds. The van der Waals surface area contributed by atoms with Crippen molar-refractivity contribution in [2.75, 3.05) is 43.2 Å². The van der Waals surface area contributed by atoms with E-state index in [0.29, 0.717) is 36.8 Å². The number of ether oxygens (including phenoxy) is 1. The van der Waals surface area contributed by atoms with E-state index < -0.39 is 5.92 Å². The number of morpholine rings is 1. The summed E-state index contributed by atoms with van der Waals surface area (Å²) in [6, 6.07) is 1.91. The van der Waals surface area contributed by atoms with Gasteiger partial charge >= 0.3 is 0 Å². The highest BCUT2D eigenvalue weighted by Crippen LogP contribution is 2.18. The summed E-state index contributed by atoms with van der Waals surface area (Å²) in [5.74, 6) is -0.765. The van der Waals surface area contributed by atoms with Crippen molar-refractivity contribution < 1.29 is 19.5 Å². The van der Waals surface area contributed by atoms with E-state index >= 15 is 0 Å². The minimum atomic E-state index is -0.491. The van der Waals surface area contributed by atoms with Gasteiger partial charge < -0.3 is 9.64 Å². The van der Waals surface area contributed by atoms with Crippen LogP contribution in [-0.4, -0.2) is 60.4 Å². The zero-order valence-corrected chi connectivity index (χ0v) is 15.8. The van der Waals surface area contributed by atoms with E-state index in [9.17, 15) is 14.8 Å². The Morgan fingerprint density at radius 3 is 2.89 bits per heavy atom. The Morgan fingerprint density at radius 1 is 1.41 bits per heavy atom. The Hall–Kier alpha value is -2.39. The number of aromatic nitrogens is 1. The van der Waals surface area contributed by atoms with Gasteiger partial charge in [-0.15, -0.1) is 0 Å². The van der Waals surface area contributed by atoms with Crippen molar-refractivity contribution in [1.82, 2.24) is 15.5 Å². The van der Waals surface area contributed by atoms with Crippen molar-refractivity contribution in [3.63, 3.8) is 0 Å². The third-order valence-corrected chi connectivity index (χ3v) is 4.49. The predicted molar refractivity (Wildman–Crippen MR) is 101 cm³/mol. The van der Waals surface area contributed by atoms with Gasteiger partial charge in [-0.3, -0.25) is 30.6 Å². The van der Waals surface area contributed by atoms with E-state index in [1.165, 1.54) is 0 Å². The Kier molecular flexibility index (Phi) is 8.79. The first-order chi connectivity index (χ1) is 13.1. The fourth-order valence-corrected chi connectivity index (χ4v) is 2.94. The molecule has 150 valence electrons. The molecule has 27 heavy (non-hydrogen) atoms. The van der Waals surface area contributed by atoms with Crippen molar-refractivity contribution >= 4 is 23.7 Å². The van der Waals surface area contributed by atoms with Gasteiger partial charge in [-0.05, 0) is 12.5 Å². The van der Waals surface area contributed by atoms with Gasteiger partial charge in [-0.25, -0.2) is 5.06 Å². The van der Waals surface area contributed by atoms with Crippen LogP contribution in [-0.2, 0) is 14.3 Å². The Morgan fingerprint density at radius 2 is 2.19 bits per heavy atom. The maximum absolute atomic E-state index is 12.5. The van der Waals surface area contributed by atoms with Crippen molar-refractivity contribution in [3.05, 3.63) is 18.5 Å². The van der Waals surface area contributed by atoms with Gasteiger partial charge in [0.05, 0.1) is 49.4 Å². The lowest BCUT2D eigenvalue weighted by Gasteiger charge is -2.28. The Bertz CT molecular complexity index is 595. The maximum atomic E-state index is 12.5. The van der Waals surface area contributed by atoms with Crippen LogP contribution in [0.1, 0.15) is 32.6 Å². The van der Waals surface area contributed by atoms with E-state index in [0.717, 1.165) is 38.0 Å². The summed E-state index contributed by atoms with van der Waals surface area (Å²) in [5, 5.41) is 9.95. The molecule has 0 bridgehead atoms. The predicted octanol–water partition coefficient (Wildman–Crippen LogP) is 1.41. The van der Waals surface area contributed by atoms with Gasteiger partial charge in [-0.1, -0.05) is 26.2 Å². The number of hydrogen-bond acceptors (Lipinski definition) is 7. The van der Waals surface area contributed by atoms with Crippen molar-refractivity contribution in [3.8, 4) is 0 Å². The molecule has 0 saturated carbocycles. The number of carbonyl (C=O) groups excluding carboxylic acids is 2. The van der Waals surface area contributed by atoms with E-state index in [1.54, 1.807) is 12.4 Å². The average Bonchev–Trinajstić information content (AvgIpc) is 2.72. The number of nitrogens with one attached hydrogen (secondary N) is 2. The molecule has 0 spiro atoms. The number of hydrazine groups is 1. The van der Waals surface area contributed by atoms with Crippen LogP contribution >= 0.6 is 0 Å². The fraction of sp³-hybridized carbons (Fsp3) is 0.611. The van der Waals surface area contributed by atoms with Crippen LogP contribution in [0.5, 0.6) is 0 Å². The minimum Gasteiger partial charge on any atom is -0.378 e. The van der Waals surface area contributed by atoms with Gasteiger partial charge in [0.2, 0.25) is 12.3 Å². The quantitative estimate of drug-likeness (QED) is 0.231. The molecule has 9 heteroatoms. The summed E-state index contributed by atoms with van der Waals surface area (Å²) in [6.45, 7) is 5.01. The summed E-state index contributed by atoms with van der Waals surface area (Å²) >= 11 is 0. The standard InChI is InChI=1S/C18H29N5O4/c1-2-3-4-5-15(13-23(26)14-24)18(25)21-20-16-10-17(12-19-11-16)22-6-8-27-9-7-22/h10-12,14-15,20,26H,2-9,13H2,1H3,(H,21,25). The summed E-state index contributed by atoms with van der Waals surface area (Å²) in [5.41, 5.74) is 7.16. The highest BCUT2D eigenvalue weighted by Gasteiger charge is 2.20. The molecule has 1 aliphatic heterocycles. The summed E-state index contributed by atoms with van der Waals surface area (Å²) < 4.78 is 5.35. The molecule has 3 N–H and O–H groups in total. The fourth-order valence-electron chi connectivity index (χ4n) is 2.94. The largest absolute Gasteiger partial charge is 0.378 e. The summed E-state index contributed by atoms with van der Waals surface area (Å²) in [6.07, 6.45) is 7.19. The molecule has 9 nitrogen and oxygen atoms in total. The maximum Gasteiger partial charge on any atom is 0.243 e. The first-order valence-corrected chi connectivity index (χ1v) is 9.38. The van der Waals surface area contributed by atoms with Crippen molar-refractivity contribution in [2.45, 2.75) is 32.6 Å². The molecular weight excluding hydrogens is 350 g/mol. The van der Waals surface area contributed by atoms with Crippen LogP contribution in [0.4, 0.5) is 11.4 Å². The molecular formula is C18H29N5O4. The lowest BCUT2D eigenvalue weighted by atomic mass is 10.0. The molecule has 1 aromatic rings. The summed E-state index contributed by atoms with van der Waals surface area (Å²) in [7, 11) is 0. The molecule has 1 fully saturated rings. The van der Waals surface area contributed by atoms with Crippen LogP contribution in [0, 0.1) is 5.92 Å². The Balaban J connectivity index is 1.91. The Labute approximate surface area is 159 Å². The third kappa shape index (κ3) is 7.03. The van der Waals surface area contributed by atoms with Crippen LogP contribution in [0.2, 0.25) is 0 Å². The third-order valence-electron chi connectivity index (χ3n) is 4.49. The number of hydrogen-bond donors (Lipinski definition) is 3. The SMILES string of the molecule is CCCCCC(CN(O)C=O)C(=O)NNc1cncc(N2CCOCC2)c1. The van der Waals surface area contributed by atoms with Crippen LogP contribution in [0.3, 0.4) is 0 Å². The van der Waals surface area contributed by atoms with Crippen molar-refractivity contribution in [1.29, 1.82) is 0 Å². The number of rotatable bonds is 11. The second-order valence-electron chi connectivity index (χ2n) is 6.57. The average molecular weight is 379 g/mol. The van der Waals surface area contributed by atoms with E-state index in [1.807, 2.05) is 6.07 Å². The molecule has 2 heterocycles.